The van der Waals surface area contributed by atoms with Crippen molar-refractivity contribution in [3.63, 3.8) is 0 Å². The van der Waals surface area contributed by atoms with E-state index < -0.39 is 0 Å². The van der Waals surface area contributed by atoms with E-state index in [1.54, 1.807) is 10.9 Å². The van der Waals surface area contributed by atoms with Gasteiger partial charge < -0.3 is 0 Å². The number of aromatic nitrogens is 2. The Labute approximate surface area is 128 Å². The lowest BCUT2D eigenvalue weighted by Gasteiger charge is -2.06. The van der Waals surface area contributed by atoms with E-state index >= 15 is 0 Å². The molecule has 0 bridgehead atoms. The van der Waals surface area contributed by atoms with Crippen molar-refractivity contribution in [2.75, 3.05) is 0 Å². The summed E-state index contributed by atoms with van der Waals surface area (Å²) in [5.74, 6) is 0. The second kappa shape index (κ2) is 7.58. The third-order valence-electron chi connectivity index (χ3n) is 3.54. The van der Waals surface area contributed by atoms with Crippen molar-refractivity contribution in [3.8, 4) is 0 Å². The Bertz CT molecular complexity index is 621. The van der Waals surface area contributed by atoms with Gasteiger partial charge in [-0.15, -0.1) is 0 Å². The van der Waals surface area contributed by atoms with Gasteiger partial charge in [0, 0.05) is 11.0 Å². The molecule has 0 aliphatic rings. The van der Waals surface area contributed by atoms with Crippen LogP contribution in [0.15, 0.2) is 33.8 Å². The summed E-state index contributed by atoms with van der Waals surface area (Å²) in [7, 11) is 0. The molecule has 0 spiro atoms. The fraction of sp³-hybridized carbons (Fsp3) is 0.500. The van der Waals surface area contributed by atoms with Crippen LogP contribution in [0.4, 0.5) is 0 Å². The number of hydrogen-bond acceptors (Lipinski definition) is 2. The highest BCUT2D eigenvalue weighted by Gasteiger charge is 2.04. The quantitative estimate of drug-likeness (QED) is 0.696. The Morgan fingerprint density at radius 3 is 2.70 bits per heavy atom. The van der Waals surface area contributed by atoms with E-state index in [0.29, 0.717) is 5.39 Å². The van der Waals surface area contributed by atoms with Crippen molar-refractivity contribution >= 4 is 26.8 Å². The molecule has 0 aliphatic heterocycles. The Balaban J connectivity index is 1.99. The highest BCUT2D eigenvalue weighted by molar-refractivity contribution is 9.10. The molecule has 0 N–H and O–H groups in total. The summed E-state index contributed by atoms with van der Waals surface area (Å²) >= 11 is 3.40. The number of nitrogens with zero attached hydrogens (tertiary/aromatic N) is 2. The lowest BCUT2D eigenvalue weighted by atomic mass is 10.1. The van der Waals surface area contributed by atoms with Crippen molar-refractivity contribution in [1.82, 2.24) is 9.55 Å². The van der Waals surface area contributed by atoms with Gasteiger partial charge in [0.25, 0.3) is 5.56 Å². The van der Waals surface area contributed by atoms with Gasteiger partial charge in [-0.25, -0.2) is 4.98 Å². The topological polar surface area (TPSA) is 34.9 Å². The van der Waals surface area contributed by atoms with E-state index in [4.69, 9.17) is 0 Å². The molecule has 108 valence electrons. The molecule has 1 heterocycles. The molecule has 4 heteroatoms. The first-order chi connectivity index (χ1) is 9.72. The molecule has 0 atom stereocenters. The molecule has 0 saturated heterocycles. The van der Waals surface area contributed by atoms with Crippen LogP contribution in [0, 0.1) is 0 Å². The Hall–Kier alpha value is -1.16. The van der Waals surface area contributed by atoms with Crippen molar-refractivity contribution < 1.29 is 0 Å². The number of unbranched alkanes of at least 4 members (excludes halogenated alkanes) is 5. The van der Waals surface area contributed by atoms with Crippen LogP contribution < -0.4 is 5.56 Å². The summed E-state index contributed by atoms with van der Waals surface area (Å²) in [6, 6.07) is 5.61. The molecule has 20 heavy (non-hydrogen) atoms. The first-order valence-corrected chi connectivity index (χ1v) is 8.16. The molecule has 0 amide bonds. The summed E-state index contributed by atoms with van der Waals surface area (Å²) in [6.45, 7) is 2.99. The minimum atomic E-state index is 0.0658. The van der Waals surface area contributed by atoms with E-state index in [2.05, 4.69) is 27.8 Å². The average Bonchev–Trinajstić information content (AvgIpc) is 2.44. The summed E-state index contributed by atoms with van der Waals surface area (Å²) in [4.78, 5) is 16.7. The molecule has 0 saturated carbocycles. The van der Waals surface area contributed by atoms with Gasteiger partial charge in [0.15, 0.2) is 0 Å². The van der Waals surface area contributed by atoms with Gasteiger partial charge in [-0.3, -0.25) is 9.36 Å². The molecule has 1 aromatic carbocycles. The molecule has 0 aliphatic carbocycles. The van der Waals surface area contributed by atoms with Crippen LogP contribution in [0.1, 0.15) is 45.4 Å². The molecular formula is C16H21BrN2O. The van der Waals surface area contributed by atoms with Crippen LogP contribution in [0.2, 0.25) is 0 Å². The first kappa shape index (κ1) is 15.2. The lowest BCUT2D eigenvalue weighted by molar-refractivity contribution is 0.547. The minimum Gasteiger partial charge on any atom is -0.299 e. The summed E-state index contributed by atoms with van der Waals surface area (Å²) in [6.07, 6.45) is 9.04. The Kier molecular flexibility index (Phi) is 5.77. The van der Waals surface area contributed by atoms with Crippen LogP contribution in [0.3, 0.4) is 0 Å². The van der Waals surface area contributed by atoms with Gasteiger partial charge >= 0.3 is 0 Å². The van der Waals surface area contributed by atoms with Crippen LogP contribution in [-0.2, 0) is 6.54 Å². The largest absolute Gasteiger partial charge is 0.299 e. The second-order valence-corrected chi connectivity index (χ2v) is 6.09. The lowest BCUT2D eigenvalue weighted by Crippen LogP contribution is -2.20. The number of rotatable bonds is 7. The first-order valence-electron chi connectivity index (χ1n) is 7.37. The zero-order valence-electron chi connectivity index (χ0n) is 11.9. The van der Waals surface area contributed by atoms with Gasteiger partial charge in [-0.2, -0.15) is 0 Å². The van der Waals surface area contributed by atoms with Gasteiger partial charge in [0.2, 0.25) is 0 Å². The number of hydrogen-bond donors (Lipinski definition) is 0. The summed E-state index contributed by atoms with van der Waals surface area (Å²) < 4.78 is 2.68. The van der Waals surface area contributed by atoms with Gasteiger partial charge in [0.05, 0.1) is 17.2 Å². The third kappa shape index (κ3) is 3.92. The van der Waals surface area contributed by atoms with Crippen LogP contribution in [0.25, 0.3) is 10.9 Å². The van der Waals surface area contributed by atoms with Gasteiger partial charge in [-0.1, -0.05) is 55.0 Å². The number of halogens is 1. The fourth-order valence-corrected chi connectivity index (χ4v) is 2.70. The Morgan fingerprint density at radius 2 is 1.90 bits per heavy atom. The zero-order valence-corrected chi connectivity index (χ0v) is 13.5. The van der Waals surface area contributed by atoms with Crippen molar-refractivity contribution in [3.05, 3.63) is 39.4 Å². The van der Waals surface area contributed by atoms with Gasteiger partial charge in [-0.05, 0) is 24.6 Å². The maximum atomic E-state index is 12.3. The molecule has 2 aromatic rings. The van der Waals surface area contributed by atoms with E-state index in [-0.39, 0.29) is 5.56 Å². The van der Waals surface area contributed by atoms with E-state index in [9.17, 15) is 4.79 Å². The van der Waals surface area contributed by atoms with E-state index in [1.165, 1.54) is 32.1 Å². The second-order valence-electron chi connectivity index (χ2n) is 5.17. The monoisotopic (exact) mass is 336 g/mol. The average molecular weight is 337 g/mol. The number of fused-ring (bicyclic) bond motifs is 1. The van der Waals surface area contributed by atoms with E-state index in [1.807, 2.05) is 18.2 Å². The maximum Gasteiger partial charge on any atom is 0.261 e. The predicted octanol–water partition coefficient (Wildman–Crippen LogP) is 4.52. The van der Waals surface area contributed by atoms with Crippen LogP contribution >= 0.6 is 15.9 Å². The van der Waals surface area contributed by atoms with Crippen LogP contribution in [0.5, 0.6) is 0 Å². The molecule has 0 unspecified atom stereocenters. The normalized spacial score (nSPS) is 11.1. The Morgan fingerprint density at radius 1 is 1.15 bits per heavy atom. The standard InChI is InChI=1S/C16H21BrN2O/c1-2-3-4-5-6-7-10-19-12-18-15-11-13(17)8-9-14(15)16(19)20/h8-9,11-12H,2-7,10H2,1H3. The number of aryl methyl sites for hydroxylation is 1. The highest BCUT2D eigenvalue weighted by atomic mass is 79.9. The summed E-state index contributed by atoms with van der Waals surface area (Å²) in [5.41, 5.74) is 0.819. The molecule has 2 rings (SSSR count). The molecule has 1 aromatic heterocycles. The van der Waals surface area contributed by atoms with E-state index in [0.717, 1.165) is 23.0 Å². The third-order valence-corrected chi connectivity index (χ3v) is 4.03. The van der Waals surface area contributed by atoms with Crippen LogP contribution in [-0.4, -0.2) is 9.55 Å². The zero-order chi connectivity index (χ0) is 14.4. The summed E-state index contributed by atoms with van der Waals surface area (Å²) in [5, 5.41) is 0.696. The predicted molar refractivity (Wildman–Crippen MR) is 87.1 cm³/mol. The molecule has 0 radical (unpaired) electrons. The minimum absolute atomic E-state index is 0.0658. The van der Waals surface area contributed by atoms with Crippen molar-refractivity contribution in [2.45, 2.75) is 52.0 Å². The smallest absolute Gasteiger partial charge is 0.261 e. The molecule has 3 nitrogen and oxygen atoms in total. The molecular weight excluding hydrogens is 316 g/mol. The van der Waals surface area contributed by atoms with Crippen molar-refractivity contribution in [1.29, 1.82) is 0 Å². The number of benzene rings is 1. The highest BCUT2D eigenvalue weighted by Crippen LogP contribution is 2.15. The SMILES string of the molecule is CCCCCCCCn1cnc2cc(Br)ccc2c1=O. The molecule has 0 fully saturated rings. The van der Waals surface area contributed by atoms with Gasteiger partial charge in [0.1, 0.15) is 0 Å². The van der Waals surface area contributed by atoms with Crippen molar-refractivity contribution in [2.24, 2.45) is 0 Å². The maximum absolute atomic E-state index is 12.3. The fourth-order valence-electron chi connectivity index (χ4n) is 2.35.